The van der Waals surface area contributed by atoms with Crippen molar-refractivity contribution in [3.8, 4) is 11.8 Å². The standard InChI is InChI=1S/C20H20N2O4/c1-15(26-18-10-6-5-9-17(18)13-21)20(25)22(14-19(23)24)12-11-16-7-3-2-4-8-16/h2-10,15H,11-12,14H2,1H3,(H,23,24). The first-order valence-electron chi connectivity index (χ1n) is 8.21. The molecule has 134 valence electrons. The van der Waals surface area contributed by atoms with Crippen molar-refractivity contribution in [2.75, 3.05) is 13.1 Å². The number of ether oxygens (including phenoxy) is 1. The Hall–Kier alpha value is -3.33. The molecule has 0 aliphatic carbocycles. The van der Waals surface area contributed by atoms with Gasteiger partial charge in [-0.05, 0) is 31.0 Å². The lowest BCUT2D eigenvalue weighted by Gasteiger charge is -2.25. The summed E-state index contributed by atoms with van der Waals surface area (Å²) in [6.07, 6.45) is -0.360. The summed E-state index contributed by atoms with van der Waals surface area (Å²) >= 11 is 0. The molecule has 1 amide bonds. The second-order valence-corrected chi connectivity index (χ2v) is 5.76. The Bertz CT molecular complexity index is 799. The number of benzene rings is 2. The van der Waals surface area contributed by atoms with Crippen molar-refractivity contribution in [3.63, 3.8) is 0 Å². The molecule has 0 spiro atoms. The maximum atomic E-state index is 12.7. The molecule has 0 saturated carbocycles. The van der Waals surface area contributed by atoms with Gasteiger partial charge in [-0.3, -0.25) is 9.59 Å². The number of aliphatic carboxylic acids is 1. The van der Waals surface area contributed by atoms with Crippen LogP contribution in [0, 0.1) is 11.3 Å². The minimum absolute atomic E-state index is 0.267. The summed E-state index contributed by atoms with van der Waals surface area (Å²) in [6, 6.07) is 18.1. The fourth-order valence-corrected chi connectivity index (χ4v) is 2.50. The highest BCUT2D eigenvalue weighted by Gasteiger charge is 2.24. The van der Waals surface area contributed by atoms with Gasteiger partial charge in [0.15, 0.2) is 6.10 Å². The average molecular weight is 352 g/mol. The van der Waals surface area contributed by atoms with E-state index in [0.717, 1.165) is 5.56 Å². The van der Waals surface area contributed by atoms with E-state index in [1.165, 1.54) is 4.90 Å². The first kappa shape index (κ1) is 19.0. The van der Waals surface area contributed by atoms with E-state index in [0.29, 0.717) is 17.7 Å². The van der Waals surface area contributed by atoms with Crippen molar-refractivity contribution in [1.29, 1.82) is 5.26 Å². The Morgan fingerprint density at radius 1 is 1.15 bits per heavy atom. The molecule has 1 unspecified atom stereocenters. The number of nitriles is 1. The van der Waals surface area contributed by atoms with Crippen molar-refractivity contribution < 1.29 is 19.4 Å². The van der Waals surface area contributed by atoms with E-state index >= 15 is 0 Å². The summed E-state index contributed by atoms with van der Waals surface area (Å²) in [5, 5.41) is 18.2. The number of nitrogens with zero attached hydrogens (tertiary/aromatic N) is 2. The Labute approximate surface area is 152 Å². The molecule has 0 aliphatic rings. The lowest BCUT2D eigenvalue weighted by atomic mass is 10.1. The van der Waals surface area contributed by atoms with Crippen LogP contribution in [0.25, 0.3) is 0 Å². The van der Waals surface area contributed by atoms with Crippen LogP contribution in [0.3, 0.4) is 0 Å². The molecule has 2 rings (SSSR count). The third-order valence-electron chi connectivity index (χ3n) is 3.81. The molecule has 0 aliphatic heterocycles. The molecule has 6 nitrogen and oxygen atoms in total. The summed E-state index contributed by atoms with van der Waals surface area (Å²) < 4.78 is 5.61. The van der Waals surface area contributed by atoms with E-state index in [9.17, 15) is 9.59 Å². The van der Waals surface area contributed by atoms with Gasteiger partial charge in [0.2, 0.25) is 0 Å². The highest BCUT2D eigenvalue weighted by Crippen LogP contribution is 2.19. The van der Waals surface area contributed by atoms with Crippen molar-refractivity contribution >= 4 is 11.9 Å². The summed E-state index contributed by atoms with van der Waals surface area (Å²) in [7, 11) is 0. The molecule has 2 aromatic carbocycles. The van der Waals surface area contributed by atoms with Gasteiger partial charge in [-0.2, -0.15) is 5.26 Å². The minimum atomic E-state index is -1.09. The van der Waals surface area contributed by atoms with Crippen LogP contribution < -0.4 is 4.74 Å². The van der Waals surface area contributed by atoms with E-state index in [-0.39, 0.29) is 6.54 Å². The van der Waals surface area contributed by atoms with Crippen LogP contribution in [-0.4, -0.2) is 41.1 Å². The average Bonchev–Trinajstić information content (AvgIpc) is 2.65. The van der Waals surface area contributed by atoms with Gasteiger partial charge in [-0.1, -0.05) is 42.5 Å². The number of hydrogen-bond donors (Lipinski definition) is 1. The van der Waals surface area contributed by atoms with Gasteiger partial charge in [0, 0.05) is 6.54 Å². The highest BCUT2D eigenvalue weighted by atomic mass is 16.5. The minimum Gasteiger partial charge on any atom is -0.480 e. The SMILES string of the molecule is CC(Oc1ccccc1C#N)C(=O)N(CCc1ccccc1)CC(=O)O. The van der Waals surface area contributed by atoms with E-state index in [2.05, 4.69) is 0 Å². The van der Waals surface area contributed by atoms with E-state index in [1.54, 1.807) is 31.2 Å². The van der Waals surface area contributed by atoms with Gasteiger partial charge in [0.25, 0.3) is 5.91 Å². The zero-order valence-corrected chi connectivity index (χ0v) is 14.5. The van der Waals surface area contributed by atoms with Crippen LogP contribution in [0.5, 0.6) is 5.75 Å². The van der Waals surface area contributed by atoms with Crippen molar-refractivity contribution in [2.45, 2.75) is 19.4 Å². The van der Waals surface area contributed by atoms with Gasteiger partial charge in [0.05, 0.1) is 5.56 Å². The molecule has 26 heavy (non-hydrogen) atoms. The number of rotatable bonds is 8. The number of para-hydroxylation sites is 1. The summed E-state index contributed by atoms with van der Waals surface area (Å²) in [5.74, 6) is -1.22. The van der Waals surface area contributed by atoms with Crippen LogP contribution in [0.2, 0.25) is 0 Å². The molecule has 0 heterocycles. The Morgan fingerprint density at radius 2 is 1.81 bits per heavy atom. The Balaban J connectivity index is 2.07. The maximum absolute atomic E-state index is 12.7. The number of carboxylic acid groups (broad SMARTS) is 1. The molecule has 2 aromatic rings. The molecule has 0 saturated heterocycles. The molecule has 1 atom stereocenters. The first-order valence-corrected chi connectivity index (χ1v) is 8.21. The lowest BCUT2D eigenvalue weighted by molar-refractivity contribution is -0.147. The quantitative estimate of drug-likeness (QED) is 0.788. The van der Waals surface area contributed by atoms with Crippen LogP contribution in [-0.2, 0) is 16.0 Å². The summed E-state index contributed by atoms with van der Waals surface area (Å²) in [4.78, 5) is 25.0. The van der Waals surface area contributed by atoms with Crippen molar-refractivity contribution in [2.24, 2.45) is 0 Å². The van der Waals surface area contributed by atoms with Gasteiger partial charge >= 0.3 is 5.97 Å². The summed E-state index contributed by atoms with van der Waals surface area (Å²) in [5.41, 5.74) is 1.33. The second kappa shape index (κ2) is 9.23. The molecule has 0 fully saturated rings. The van der Waals surface area contributed by atoms with Crippen molar-refractivity contribution in [3.05, 3.63) is 65.7 Å². The van der Waals surface area contributed by atoms with Crippen molar-refractivity contribution in [1.82, 2.24) is 4.90 Å². The topological polar surface area (TPSA) is 90.6 Å². The van der Waals surface area contributed by atoms with Crippen LogP contribution >= 0.6 is 0 Å². The summed E-state index contributed by atoms with van der Waals surface area (Å²) in [6.45, 7) is 1.41. The normalized spacial score (nSPS) is 11.2. The molecule has 0 aromatic heterocycles. The Kier molecular flexibility index (Phi) is 6.75. The van der Waals surface area contributed by atoms with E-state index in [1.807, 2.05) is 36.4 Å². The third kappa shape index (κ3) is 5.35. The number of amides is 1. The zero-order valence-electron chi connectivity index (χ0n) is 14.5. The number of carboxylic acids is 1. The molecular weight excluding hydrogens is 332 g/mol. The highest BCUT2D eigenvalue weighted by molar-refractivity contribution is 5.84. The number of carbonyl (C=O) groups is 2. The smallest absolute Gasteiger partial charge is 0.323 e. The van der Waals surface area contributed by atoms with E-state index < -0.39 is 24.5 Å². The van der Waals surface area contributed by atoms with Gasteiger partial charge < -0.3 is 14.7 Å². The monoisotopic (exact) mass is 352 g/mol. The van der Waals surface area contributed by atoms with Crippen LogP contribution in [0.4, 0.5) is 0 Å². The molecule has 1 N–H and O–H groups in total. The first-order chi connectivity index (χ1) is 12.5. The molecular formula is C20H20N2O4. The second-order valence-electron chi connectivity index (χ2n) is 5.76. The van der Waals surface area contributed by atoms with Crippen LogP contribution in [0.1, 0.15) is 18.1 Å². The predicted molar refractivity (Wildman–Crippen MR) is 95.6 cm³/mol. The molecule has 6 heteroatoms. The molecule has 0 radical (unpaired) electrons. The molecule has 0 bridgehead atoms. The Morgan fingerprint density at radius 3 is 2.46 bits per heavy atom. The zero-order chi connectivity index (χ0) is 18.9. The number of carbonyl (C=O) groups excluding carboxylic acids is 1. The maximum Gasteiger partial charge on any atom is 0.323 e. The fourth-order valence-electron chi connectivity index (χ4n) is 2.50. The van der Waals surface area contributed by atoms with Gasteiger partial charge in [0.1, 0.15) is 18.4 Å². The largest absolute Gasteiger partial charge is 0.480 e. The fraction of sp³-hybridized carbons (Fsp3) is 0.250. The lowest BCUT2D eigenvalue weighted by Crippen LogP contribution is -2.44. The van der Waals surface area contributed by atoms with Crippen LogP contribution in [0.15, 0.2) is 54.6 Å². The third-order valence-corrected chi connectivity index (χ3v) is 3.81. The number of hydrogen-bond acceptors (Lipinski definition) is 4. The van der Waals surface area contributed by atoms with Gasteiger partial charge in [-0.15, -0.1) is 0 Å². The predicted octanol–water partition coefficient (Wildman–Crippen LogP) is 2.48. The van der Waals surface area contributed by atoms with Gasteiger partial charge in [-0.25, -0.2) is 0 Å². The van der Waals surface area contributed by atoms with E-state index in [4.69, 9.17) is 15.1 Å².